The highest BCUT2D eigenvalue weighted by molar-refractivity contribution is 14.0. The zero-order valence-corrected chi connectivity index (χ0v) is 13.0. The Balaban J connectivity index is 0.00000289. The van der Waals surface area contributed by atoms with Crippen LogP contribution in [0.3, 0.4) is 0 Å². The molecule has 0 radical (unpaired) electrons. The maximum Gasteiger partial charge on any atom is 0.242 e. The number of amides is 1. The Labute approximate surface area is 126 Å². The van der Waals surface area contributed by atoms with Crippen LogP contribution >= 0.6 is 24.0 Å². The molecule has 102 valence electrons. The predicted molar refractivity (Wildman–Crippen MR) is 83.7 cm³/mol. The second-order valence-electron chi connectivity index (χ2n) is 4.32. The van der Waals surface area contributed by atoms with Gasteiger partial charge in [-0.1, -0.05) is 12.8 Å². The van der Waals surface area contributed by atoms with Crippen LogP contribution in [0.4, 0.5) is 0 Å². The Hall–Kier alpha value is -0.970. The summed E-state index contributed by atoms with van der Waals surface area (Å²) in [4.78, 5) is 17.3. The number of nitrogens with zero attached hydrogens (tertiary/aromatic N) is 2. The predicted octanol–water partition coefficient (Wildman–Crippen LogP) is 0.400. The molecule has 18 heavy (non-hydrogen) atoms. The molecule has 1 aliphatic rings. The first kappa shape index (κ1) is 17.0. The first-order chi connectivity index (χ1) is 8.13. The van der Waals surface area contributed by atoms with Gasteiger partial charge in [0.25, 0.3) is 0 Å². The monoisotopic (exact) mass is 364 g/mol. The topological polar surface area (TPSA) is 70.7 Å². The second kappa shape index (κ2) is 9.03. The Morgan fingerprint density at radius 2 is 2.17 bits per heavy atom. The van der Waals surface area contributed by atoms with Gasteiger partial charge in [0.15, 0.2) is 5.96 Å². The van der Waals surface area contributed by atoms with E-state index in [1.807, 2.05) is 4.90 Å². The summed E-state index contributed by atoms with van der Waals surface area (Å²) in [5, 5.41) is 2.54. The van der Waals surface area contributed by atoms with E-state index in [0.29, 0.717) is 5.96 Å². The Morgan fingerprint density at radius 1 is 1.56 bits per heavy atom. The number of hydrogen-bond donors (Lipinski definition) is 2. The molecule has 1 fully saturated rings. The Kier molecular flexibility index (Phi) is 8.54. The molecule has 0 aliphatic carbocycles. The third-order valence-corrected chi connectivity index (χ3v) is 2.88. The van der Waals surface area contributed by atoms with E-state index in [0.717, 1.165) is 31.8 Å². The highest BCUT2D eigenvalue weighted by Gasteiger charge is 2.16. The molecule has 5 nitrogen and oxygen atoms in total. The molecule has 0 aromatic heterocycles. The SMILES string of the molecule is C#CCNC(=O)CN=C(N)N1CCC(C)CC1.I. The van der Waals surface area contributed by atoms with E-state index in [2.05, 4.69) is 23.2 Å². The molecule has 0 bridgehead atoms. The number of nitrogens with one attached hydrogen (secondary N) is 1. The summed E-state index contributed by atoms with van der Waals surface area (Å²) in [5.41, 5.74) is 5.83. The molecule has 0 unspecified atom stereocenters. The largest absolute Gasteiger partial charge is 0.370 e. The number of nitrogens with two attached hydrogens (primary N) is 1. The molecule has 0 aromatic rings. The minimum atomic E-state index is -0.198. The number of aliphatic imine (C=N–C) groups is 1. The molecule has 3 N–H and O–H groups in total. The molecule has 1 rings (SSSR count). The number of halogens is 1. The van der Waals surface area contributed by atoms with Crippen LogP contribution in [0.25, 0.3) is 0 Å². The van der Waals surface area contributed by atoms with Gasteiger partial charge in [-0.3, -0.25) is 4.79 Å². The van der Waals surface area contributed by atoms with Crippen molar-refractivity contribution in [3.05, 3.63) is 0 Å². The smallest absolute Gasteiger partial charge is 0.242 e. The van der Waals surface area contributed by atoms with Gasteiger partial charge < -0.3 is 16.0 Å². The standard InChI is InChI=1S/C12H20N4O.HI/c1-3-6-14-11(17)9-15-12(13)16-7-4-10(2)5-8-16;/h1,10H,4-9H2,2H3,(H2,13,15)(H,14,17);1H. The minimum absolute atomic E-state index is 0. The van der Waals surface area contributed by atoms with E-state index in [1.54, 1.807) is 0 Å². The molecule has 6 heteroatoms. The molecule has 1 aliphatic heterocycles. The number of terminal acetylenes is 1. The lowest BCUT2D eigenvalue weighted by Crippen LogP contribution is -2.43. The molecule has 0 aromatic carbocycles. The molecule has 0 spiro atoms. The third kappa shape index (κ3) is 6.10. The summed E-state index contributed by atoms with van der Waals surface area (Å²) >= 11 is 0. The number of guanidine groups is 1. The Bertz CT molecular complexity index is 329. The van der Waals surface area contributed by atoms with Gasteiger partial charge in [-0.15, -0.1) is 30.4 Å². The van der Waals surface area contributed by atoms with Gasteiger partial charge in [0, 0.05) is 13.1 Å². The fourth-order valence-corrected chi connectivity index (χ4v) is 1.70. The third-order valence-electron chi connectivity index (χ3n) is 2.88. The summed E-state index contributed by atoms with van der Waals surface area (Å²) in [5.74, 6) is 3.33. The van der Waals surface area contributed by atoms with Crippen molar-refractivity contribution < 1.29 is 4.79 Å². The molecule has 1 amide bonds. The summed E-state index contributed by atoms with van der Waals surface area (Å²) in [6, 6.07) is 0. The Morgan fingerprint density at radius 3 is 2.72 bits per heavy atom. The lowest BCUT2D eigenvalue weighted by atomic mass is 10.00. The van der Waals surface area contributed by atoms with Gasteiger partial charge in [-0.2, -0.15) is 0 Å². The highest BCUT2D eigenvalue weighted by Crippen LogP contribution is 2.15. The molecule has 0 atom stereocenters. The molecular weight excluding hydrogens is 343 g/mol. The van der Waals surface area contributed by atoms with Crippen LogP contribution in [0.5, 0.6) is 0 Å². The van der Waals surface area contributed by atoms with Gasteiger partial charge in [0.1, 0.15) is 6.54 Å². The number of piperidine rings is 1. The summed E-state index contributed by atoms with van der Waals surface area (Å²) in [7, 11) is 0. The van der Waals surface area contributed by atoms with Crippen molar-refractivity contribution in [2.75, 3.05) is 26.2 Å². The van der Waals surface area contributed by atoms with Crippen LogP contribution in [0.15, 0.2) is 4.99 Å². The maximum atomic E-state index is 11.3. The summed E-state index contributed by atoms with van der Waals surface area (Å²) in [6.45, 7) is 4.35. The van der Waals surface area contributed by atoms with Gasteiger partial charge >= 0.3 is 0 Å². The number of carbonyl (C=O) groups excluding carboxylic acids is 1. The van der Waals surface area contributed by atoms with Gasteiger partial charge in [-0.05, 0) is 18.8 Å². The van der Waals surface area contributed by atoms with Crippen molar-refractivity contribution >= 4 is 35.8 Å². The van der Waals surface area contributed by atoms with E-state index in [-0.39, 0.29) is 43.0 Å². The quantitative estimate of drug-likeness (QED) is 0.330. The van der Waals surface area contributed by atoms with Crippen LogP contribution in [-0.2, 0) is 4.79 Å². The van der Waals surface area contributed by atoms with E-state index in [1.165, 1.54) is 0 Å². The highest BCUT2D eigenvalue weighted by atomic mass is 127. The van der Waals surface area contributed by atoms with Gasteiger partial charge in [0.05, 0.1) is 6.54 Å². The zero-order chi connectivity index (χ0) is 12.7. The van der Waals surface area contributed by atoms with Crippen LogP contribution in [-0.4, -0.2) is 42.9 Å². The fourth-order valence-electron chi connectivity index (χ4n) is 1.70. The van der Waals surface area contributed by atoms with Crippen LogP contribution in [0.1, 0.15) is 19.8 Å². The van der Waals surface area contributed by atoms with Crippen molar-refractivity contribution in [3.8, 4) is 12.3 Å². The number of carbonyl (C=O) groups is 1. The van der Waals surface area contributed by atoms with E-state index in [9.17, 15) is 4.79 Å². The van der Waals surface area contributed by atoms with E-state index in [4.69, 9.17) is 12.2 Å². The number of hydrogen-bond acceptors (Lipinski definition) is 2. The average molecular weight is 364 g/mol. The number of likely N-dealkylation sites (tertiary alicyclic amines) is 1. The summed E-state index contributed by atoms with van der Waals surface area (Å²) < 4.78 is 0. The summed E-state index contributed by atoms with van der Waals surface area (Å²) in [6.07, 6.45) is 7.28. The fraction of sp³-hybridized carbons (Fsp3) is 0.667. The first-order valence-electron chi connectivity index (χ1n) is 5.88. The maximum absolute atomic E-state index is 11.3. The lowest BCUT2D eigenvalue weighted by Gasteiger charge is -2.30. The lowest BCUT2D eigenvalue weighted by molar-refractivity contribution is -0.119. The van der Waals surface area contributed by atoms with Crippen LogP contribution < -0.4 is 11.1 Å². The molecule has 1 heterocycles. The zero-order valence-electron chi connectivity index (χ0n) is 10.7. The van der Waals surface area contributed by atoms with Crippen molar-refractivity contribution in [2.45, 2.75) is 19.8 Å². The van der Waals surface area contributed by atoms with Crippen molar-refractivity contribution in [3.63, 3.8) is 0 Å². The van der Waals surface area contributed by atoms with Crippen molar-refractivity contribution in [1.82, 2.24) is 10.2 Å². The van der Waals surface area contributed by atoms with Crippen molar-refractivity contribution in [1.29, 1.82) is 0 Å². The van der Waals surface area contributed by atoms with E-state index >= 15 is 0 Å². The van der Waals surface area contributed by atoms with Gasteiger partial charge in [-0.25, -0.2) is 4.99 Å². The van der Waals surface area contributed by atoms with Crippen LogP contribution in [0, 0.1) is 18.3 Å². The second-order valence-corrected chi connectivity index (χ2v) is 4.32. The normalized spacial score (nSPS) is 16.7. The number of rotatable bonds is 3. The average Bonchev–Trinajstić information content (AvgIpc) is 2.34. The molecule has 0 saturated carbocycles. The molecule has 1 saturated heterocycles. The minimum Gasteiger partial charge on any atom is -0.370 e. The van der Waals surface area contributed by atoms with Gasteiger partial charge in [0.2, 0.25) is 5.91 Å². The van der Waals surface area contributed by atoms with Crippen LogP contribution in [0.2, 0.25) is 0 Å². The first-order valence-corrected chi connectivity index (χ1v) is 5.88. The molecular formula is C12H21IN4O. The van der Waals surface area contributed by atoms with Crippen molar-refractivity contribution in [2.24, 2.45) is 16.6 Å². The van der Waals surface area contributed by atoms with E-state index < -0.39 is 0 Å².